The van der Waals surface area contributed by atoms with E-state index in [1.807, 2.05) is 39.0 Å². The average molecular weight is 332 g/mol. The molecule has 23 heavy (non-hydrogen) atoms. The van der Waals surface area contributed by atoms with Gasteiger partial charge in [-0.2, -0.15) is 0 Å². The van der Waals surface area contributed by atoms with Gasteiger partial charge in [-0.25, -0.2) is 4.79 Å². The third-order valence-corrected chi connectivity index (χ3v) is 4.12. The van der Waals surface area contributed by atoms with Crippen LogP contribution >= 0.6 is 12.2 Å². The molecule has 2 unspecified atom stereocenters. The predicted octanol–water partition coefficient (Wildman–Crippen LogP) is 3.11. The maximum atomic E-state index is 12.6. The highest BCUT2D eigenvalue weighted by atomic mass is 32.1. The molecular formula is C18H24N2O2S. The fourth-order valence-corrected chi connectivity index (χ4v) is 2.92. The van der Waals surface area contributed by atoms with Gasteiger partial charge in [0.2, 0.25) is 0 Å². The van der Waals surface area contributed by atoms with Crippen molar-refractivity contribution in [2.24, 2.45) is 5.92 Å². The molecule has 1 heterocycles. The molecule has 0 bridgehead atoms. The minimum Gasteiger partial charge on any atom is -0.462 e. The summed E-state index contributed by atoms with van der Waals surface area (Å²) < 4.78 is 5.44. The summed E-state index contributed by atoms with van der Waals surface area (Å²) in [6.07, 6.45) is 0. The molecule has 0 spiro atoms. The highest BCUT2D eigenvalue weighted by Gasteiger charge is 2.34. The Kier molecular flexibility index (Phi) is 5.77. The molecule has 2 rings (SSSR count). The number of esters is 1. The molecule has 0 fully saturated rings. The van der Waals surface area contributed by atoms with Gasteiger partial charge in [0.05, 0.1) is 18.2 Å². The van der Waals surface area contributed by atoms with Crippen molar-refractivity contribution in [2.75, 3.05) is 6.61 Å². The Morgan fingerprint density at radius 1 is 1.26 bits per heavy atom. The summed E-state index contributed by atoms with van der Waals surface area (Å²) in [5.74, 6) is 0.106. The van der Waals surface area contributed by atoms with Gasteiger partial charge >= 0.3 is 5.97 Å². The van der Waals surface area contributed by atoms with Crippen molar-refractivity contribution in [3.8, 4) is 0 Å². The van der Waals surface area contributed by atoms with Crippen molar-refractivity contribution >= 4 is 23.3 Å². The first-order valence-electron chi connectivity index (χ1n) is 7.90. The molecule has 0 radical (unpaired) electrons. The molecule has 0 saturated heterocycles. The molecule has 0 saturated carbocycles. The highest BCUT2D eigenvalue weighted by molar-refractivity contribution is 7.80. The Hall–Kier alpha value is -1.88. The largest absolute Gasteiger partial charge is 0.462 e. The fraction of sp³-hybridized carbons (Fsp3) is 0.444. The van der Waals surface area contributed by atoms with E-state index in [0.29, 0.717) is 23.2 Å². The van der Waals surface area contributed by atoms with Crippen LogP contribution in [-0.2, 0) is 9.53 Å². The molecule has 0 aliphatic carbocycles. The van der Waals surface area contributed by atoms with Crippen LogP contribution in [0, 0.1) is 5.92 Å². The standard InChI is InChI=1S/C18H24N2O2S/c1-11(2)10-22-17(21)15-13(4)19-18(23)20-16(15)12(3)14-8-6-5-7-9-14/h5-9,11-12,16H,10H2,1-4H3,(H2,19,20,23). The van der Waals surface area contributed by atoms with Gasteiger partial charge in [0, 0.05) is 11.6 Å². The molecule has 124 valence electrons. The van der Waals surface area contributed by atoms with Gasteiger partial charge in [0.1, 0.15) is 0 Å². The molecule has 1 aliphatic rings. The van der Waals surface area contributed by atoms with Crippen LogP contribution < -0.4 is 10.6 Å². The van der Waals surface area contributed by atoms with Crippen LogP contribution in [0.15, 0.2) is 41.6 Å². The van der Waals surface area contributed by atoms with Crippen LogP contribution in [-0.4, -0.2) is 23.7 Å². The summed E-state index contributed by atoms with van der Waals surface area (Å²) in [5, 5.41) is 6.80. The summed E-state index contributed by atoms with van der Waals surface area (Å²) in [4.78, 5) is 12.6. The Morgan fingerprint density at radius 2 is 1.91 bits per heavy atom. The van der Waals surface area contributed by atoms with Gasteiger partial charge in [0.15, 0.2) is 5.11 Å². The second kappa shape index (κ2) is 7.59. The molecule has 2 N–H and O–H groups in total. The SMILES string of the molecule is CC1=C(C(=O)OCC(C)C)C(C(C)c2ccccc2)NC(=S)N1. The van der Waals surface area contributed by atoms with E-state index in [1.165, 1.54) is 0 Å². The molecule has 0 aromatic heterocycles. The van der Waals surface area contributed by atoms with Gasteiger partial charge in [0.25, 0.3) is 0 Å². The average Bonchev–Trinajstić information content (AvgIpc) is 2.52. The third-order valence-electron chi connectivity index (χ3n) is 3.90. The second-order valence-electron chi connectivity index (χ2n) is 6.31. The molecule has 5 heteroatoms. The van der Waals surface area contributed by atoms with E-state index < -0.39 is 0 Å². The van der Waals surface area contributed by atoms with Gasteiger partial charge in [-0.3, -0.25) is 0 Å². The van der Waals surface area contributed by atoms with E-state index in [2.05, 4.69) is 29.7 Å². The minimum atomic E-state index is -0.286. The maximum Gasteiger partial charge on any atom is 0.337 e. The molecule has 4 nitrogen and oxygen atoms in total. The summed E-state index contributed by atoms with van der Waals surface area (Å²) in [7, 11) is 0. The van der Waals surface area contributed by atoms with Crippen LogP contribution in [0.25, 0.3) is 0 Å². The first-order valence-corrected chi connectivity index (χ1v) is 8.31. The summed E-state index contributed by atoms with van der Waals surface area (Å²) in [6, 6.07) is 9.89. The molecule has 1 aromatic carbocycles. The number of allylic oxidation sites excluding steroid dienone is 1. The van der Waals surface area contributed by atoms with Gasteiger partial charge in [-0.05, 0) is 30.6 Å². The summed E-state index contributed by atoms with van der Waals surface area (Å²) in [5.41, 5.74) is 2.53. The third kappa shape index (κ3) is 4.32. The van der Waals surface area contributed by atoms with Gasteiger partial charge in [-0.1, -0.05) is 51.1 Å². The zero-order valence-electron chi connectivity index (χ0n) is 14.1. The Balaban J connectivity index is 2.29. The lowest BCUT2D eigenvalue weighted by Crippen LogP contribution is -2.51. The molecular weight excluding hydrogens is 308 g/mol. The number of benzene rings is 1. The van der Waals surface area contributed by atoms with Crippen LogP contribution in [0.2, 0.25) is 0 Å². The van der Waals surface area contributed by atoms with Crippen LogP contribution in [0.3, 0.4) is 0 Å². The van der Waals surface area contributed by atoms with Crippen molar-refractivity contribution in [3.05, 3.63) is 47.2 Å². The number of hydrogen-bond donors (Lipinski definition) is 2. The van der Waals surface area contributed by atoms with E-state index in [-0.39, 0.29) is 17.9 Å². The van der Waals surface area contributed by atoms with Crippen molar-refractivity contribution in [2.45, 2.75) is 39.7 Å². The lowest BCUT2D eigenvalue weighted by molar-refractivity contribution is -0.140. The molecule has 0 amide bonds. The van der Waals surface area contributed by atoms with E-state index in [1.54, 1.807) is 0 Å². The second-order valence-corrected chi connectivity index (χ2v) is 6.71. The number of ether oxygens (including phenoxy) is 1. The van der Waals surface area contributed by atoms with Crippen molar-refractivity contribution in [1.29, 1.82) is 0 Å². The minimum absolute atomic E-state index is 0.0906. The Labute approximate surface area is 143 Å². The molecule has 2 atom stereocenters. The zero-order chi connectivity index (χ0) is 17.0. The smallest absolute Gasteiger partial charge is 0.337 e. The predicted molar refractivity (Wildman–Crippen MR) is 96.0 cm³/mol. The van der Waals surface area contributed by atoms with Gasteiger partial charge < -0.3 is 15.4 Å². The number of rotatable bonds is 5. The monoisotopic (exact) mass is 332 g/mol. The number of carbonyl (C=O) groups is 1. The fourth-order valence-electron chi connectivity index (χ4n) is 2.64. The first kappa shape index (κ1) is 17.5. The lowest BCUT2D eigenvalue weighted by atomic mass is 9.86. The molecule has 1 aliphatic heterocycles. The highest BCUT2D eigenvalue weighted by Crippen LogP contribution is 2.27. The molecule has 1 aromatic rings. The van der Waals surface area contributed by atoms with Crippen molar-refractivity contribution in [1.82, 2.24) is 10.6 Å². The normalized spacial score (nSPS) is 19.2. The van der Waals surface area contributed by atoms with Crippen LogP contribution in [0.5, 0.6) is 0 Å². The zero-order valence-corrected chi connectivity index (χ0v) is 14.9. The Bertz CT molecular complexity index is 611. The quantitative estimate of drug-likeness (QED) is 0.641. The topological polar surface area (TPSA) is 50.4 Å². The van der Waals surface area contributed by atoms with Crippen LogP contribution in [0.1, 0.15) is 39.2 Å². The number of thiocarbonyl (C=S) groups is 1. The van der Waals surface area contributed by atoms with Crippen molar-refractivity contribution in [3.63, 3.8) is 0 Å². The Morgan fingerprint density at radius 3 is 2.52 bits per heavy atom. The maximum absolute atomic E-state index is 12.6. The summed E-state index contributed by atoms with van der Waals surface area (Å²) in [6.45, 7) is 8.40. The van der Waals surface area contributed by atoms with E-state index in [9.17, 15) is 4.79 Å². The van der Waals surface area contributed by atoms with E-state index in [4.69, 9.17) is 17.0 Å². The number of carbonyl (C=O) groups excluding carboxylic acids is 1. The van der Waals surface area contributed by atoms with Gasteiger partial charge in [-0.15, -0.1) is 0 Å². The number of nitrogens with one attached hydrogen (secondary N) is 2. The lowest BCUT2D eigenvalue weighted by Gasteiger charge is -2.33. The van der Waals surface area contributed by atoms with Crippen molar-refractivity contribution < 1.29 is 9.53 Å². The van der Waals surface area contributed by atoms with E-state index >= 15 is 0 Å². The first-order chi connectivity index (χ1) is 10.9. The van der Waals surface area contributed by atoms with E-state index in [0.717, 1.165) is 11.3 Å². The summed E-state index contributed by atoms with van der Waals surface area (Å²) >= 11 is 5.27. The number of hydrogen-bond acceptors (Lipinski definition) is 3. The van der Waals surface area contributed by atoms with Crippen LogP contribution in [0.4, 0.5) is 0 Å².